The Morgan fingerprint density at radius 1 is 1.10 bits per heavy atom. The molecule has 2 rings (SSSR count). The summed E-state index contributed by atoms with van der Waals surface area (Å²) in [5.41, 5.74) is 2.41. The fraction of sp³-hybridized carbons (Fsp3) is 0.333. The van der Waals surface area contributed by atoms with Crippen molar-refractivity contribution in [2.45, 2.75) is 33.2 Å². The van der Waals surface area contributed by atoms with E-state index in [-0.39, 0.29) is 17.9 Å². The van der Waals surface area contributed by atoms with Crippen molar-refractivity contribution >= 4 is 23.6 Å². The molecule has 0 aliphatic carbocycles. The zero-order valence-corrected chi connectivity index (χ0v) is 16.8. The SMILES string of the molecule is COC(=O)[C@H](Cc1ccccc1)NC(=O)COC(=O)c1[nH]c(C)c(C(C)=O)c1C. The average molecular weight is 400 g/mol. The molecule has 154 valence electrons. The first-order chi connectivity index (χ1) is 13.7. The number of aromatic amines is 1. The first-order valence-corrected chi connectivity index (χ1v) is 9.03. The van der Waals surface area contributed by atoms with Gasteiger partial charge in [-0.25, -0.2) is 9.59 Å². The van der Waals surface area contributed by atoms with Crippen LogP contribution in [0.4, 0.5) is 0 Å². The summed E-state index contributed by atoms with van der Waals surface area (Å²) < 4.78 is 9.77. The van der Waals surface area contributed by atoms with Gasteiger partial charge in [-0.3, -0.25) is 9.59 Å². The summed E-state index contributed by atoms with van der Waals surface area (Å²) in [5, 5.41) is 2.52. The first kappa shape index (κ1) is 21.9. The number of amides is 1. The van der Waals surface area contributed by atoms with Crippen LogP contribution >= 0.6 is 0 Å². The van der Waals surface area contributed by atoms with E-state index < -0.39 is 30.5 Å². The van der Waals surface area contributed by atoms with Crippen LogP contribution in [0.2, 0.25) is 0 Å². The normalized spacial score (nSPS) is 11.4. The summed E-state index contributed by atoms with van der Waals surface area (Å²) in [4.78, 5) is 51.0. The van der Waals surface area contributed by atoms with Crippen LogP contribution in [0.15, 0.2) is 30.3 Å². The summed E-state index contributed by atoms with van der Waals surface area (Å²) in [5.74, 6) is -2.17. The Hall–Kier alpha value is -3.42. The average Bonchev–Trinajstić information content (AvgIpc) is 3.00. The van der Waals surface area contributed by atoms with Gasteiger partial charge in [-0.1, -0.05) is 30.3 Å². The van der Waals surface area contributed by atoms with Gasteiger partial charge in [-0.2, -0.15) is 0 Å². The molecule has 1 atom stereocenters. The highest BCUT2D eigenvalue weighted by Gasteiger charge is 2.24. The molecule has 2 N–H and O–H groups in total. The van der Waals surface area contributed by atoms with Crippen molar-refractivity contribution in [3.63, 3.8) is 0 Å². The standard InChI is InChI=1S/C21H24N2O6/c1-12-18(14(3)24)13(2)22-19(12)21(27)29-11-17(25)23-16(20(26)28-4)10-15-8-6-5-7-9-15/h5-9,16,22H,10-11H2,1-4H3,(H,23,25)/t16-/m0/s1. The van der Waals surface area contributed by atoms with Gasteiger partial charge in [0.05, 0.1) is 7.11 Å². The smallest absolute Gasteiger partial charge is 0.355 e. The van der Waals surface area contributed by atoms with E-state index in [1.54, 1.807) is 13.8 Å². The molecule has 1 heterocycles. The number of carbonyl (C=O) groups excluding carboxylic acids is 4. The Morgan fingerprint density at radius 2 is 1.76 bits per heavy atom. The monoisotopic (exact) mass is 400 g/mol. The third-order valence-electron chi connectivity index (χ3n) is 4.43. The van der Waals surface area contributed by atoms with Gasteiger partial charge in [0.25, 0.3) is 5.91 Å². The number of ketones is 1. The van der Waals surface area contributed by atoms with Crippen LogP contribution in [-0.4, -0.2) is 48.4 Å². The molecule has 8 nitrogen and oxygen atoms in total. The molecule has 1 aromatic carbocycles. The van der Waals surface area contributed by atoms with Crippen LogP contribution in [0, 0.1) is 13.8 Å². The number of Topliss-reactive ketones (excluding diaryl/α,β-unsaturated/α-hetero) is 1. The Morgan fingerprint density at radius 3 is 2.31 bits per heavy atom. The van der Waals surface area contributed by atoms with Gasteiger partial charge in [-0.05, 0) is 31.9 Å². The molecule has 0 saturated heterocycles. The first-order valence-electron chi connectivity index (χ1n) is 9.03. The molecule has 1 aromatic heterocycles. The number of esters is 2. The van der Waals surface area contributed by atoms with Crippen LogP contribution in [0.25, 0.3) is 0 Å². The highest BCUT2D eigenvalue weighted by Crippen LogP contribution is 2.19. The van der Waals surface area contributed by atoms with Crippen molar-refractivity contribution in [3.8, 4) is 0 Å². The van der Waals surface area contributed by atoms with Gasteiger partial charge in [-0.15, -0.1) is 0 Å². The second-order valence-electron chi connectivity index (χ2n) is 6.59. The zero-order valence-electron chi connectivity index (χ0n) is 16.8. The number of aromatic nitrogens is 1. The third kappa shape index (κ3) is 5.54. The van der Waals surface area contributed by atoms with Gasteiger partial charge < -0.3 is 19.8 Å². The van der Waals surface area contributed by atoms with Crippen LogP contribution in [0.5, 0.6) is 0 Å². The number of H-pyrrole nitrogens is 1. The van der Waals surface area contributed by atoms with Crippen LogP contribution in [-0.2, 0) is 25.5 Å². The maximum atomic E-state index is 12.3. The van der Waals surface area contributed by atoms with Crippen LogP contribution < -0.4 is 5.32 Å². The van der Waals surface area contributed by atoms with Crippen LogP contribution in [0.1, 0.15) is 44.6 Å². The maximum Gasteiger partial charge on any atom is 0.355 e. The van der Waals surface area contributed by atoms with Crippen molar-refractivity contribution in [2.75, 3.05) is 13.7 Å². The summed E-state index contributed by atoms with van der Waals surface area (Å²) in [6.45, 7) is 4.14. The zero-order chi connectivity index (χ0) is 21.6. The maximum absolute atomic E-state index is 12.3. The number of hydrogen-bond acceptors (Lipinski definition) is 6. The Labute approximate surface area is 168 Å². The molecule has 1 amide bonds. The lowest BCUT2D eigenvalue weighted by atomic mass is 10.1. The molecule has 2 aromatic rings. The second-order valence-corrected chi connectivity index (χ2v) is 6.59. The minimum absolute atomic E-state index is 0.120. The summed E-state index contributed by atoms with van der Waals surface area (Å²) in [6, 6.07) is 8.23. The lowest BCUT2D eigenvalue weighted by molar-refractivity contribution is -0.145. The van der Waals surface area contributed by atoms with Gasteiger partial charge in [0.1, 0.15) is 11.7 Å². The molecule has 0 saturated carbocycles. The topological polar surface area (TPSA) is 115 Å². The van der Waals surface area contributed by atoms with Crippen molar-refractivity contribution in [2.24, 2.45) is 0 Å². The molecule has 0 spiro atoms. The number of nitrogens with one attached hydrogen (secondary N) is 2. The molecule has 0 radical (unpaired) electrons. The fourth-order valence-electron chi connectivity index (χ4n) is 3.11. The van der Waals surface area contributed by atoms with E-state index in [2.05, 4.69) is 10.3 Å². The molecular formula is C21H24N2O6. The Kier molecular flexibility index (Phi) is 7.30. The quantitative estimate of drug-likeness (QED) is 0.517. The number of benzene rings is 1. The number of rotatable bonds is 8. The van der Waals surface area contributed by atoms with E-state index in [1.807, 2.05) is 30.3 Å². The molecular weight excluding hydrogens is 376 g/mol. The summed E-state index contributed by atoms with van der Waals surface area (Å²) in [6.07, 6.45) is 0.240. The van der Waals surface area contributed by atoms with E-state index in [0.29, 0.717) is 16.8 Å². The van der Waals surface area contributed by atoms with Gasteiger partial charge in [0.2, 0.25) is 0 Å². The number of ether oxygens (including phenoxy) is 2. The minimum atomic E-state index is -0.910. The molecule has 0 fully saturated rings. The molecule has 8 heteroatoms. The number of hydrogen-bond donors (Lipinski definition) is 2. The fourth-order valence-corrected chi connectivity index (χ4v) is 3.11. The van der Waals surface area contributed by atoms with E-state index in [4.69, 9.17) is 9.47 Å². The van der Waals surface area contributed by atoms with E-state index in [9.17, 15) is 19.2 Å². The largest absolute Gasteiger partial charge is 0.467 e. The summed E-state index contributed by atoms with van der Waals surface area (Å²) >= 11 is 0. The van der Waals surface area contributed by atoms with Crippen molar-refractivity contribution in [1.82, 2.24) is 10.3 Å². The Balaban J connectivity index is 2.00. The van der Waals surface area contributed by atoms with Crippen LogP contribution in [0.3, 0.4) is 0 Å². The molecule has 0 bridgehead atoms. The number of carbonyl (C=O) groups is 4. The predicted molar refractivity (Wildman–Crippen MR) is 105 cm³/mol. The second kappa shape index (κ2) is 9.68. The highest BCUT2D eigenvalue weighted by molar-refractivity contribution is 6.01. The van der Waals surface area contributed by atoms with Gasteiger partial charge in [0, 0.05) is 17.7 Å². The van der Waals surface area contributed by atoms with Gasteiger partial charge in [0.15, 0.2) is 12.4 Å². The molecule has 29 heavy (non-hydrogen) atoms. The Bertz CT molecular complexity index is 917. The predicted octanol–water partition coefficient (Wildman–Crippen LogP) is 1.89. The highest BCUT2D eigenvalue weighted by atomic mass is 16.5. The minimum Gasteiger partial charge on any atom is -0.467 e. The lowest BCUT2D eigenvalue weighted by Crippen LogP contribution is -2.44. The van der Waals surface area contributed by atoms with E-state index >= 15 is 0 Å². The van der Waals surface area contributed by atoms with Gasteiger partial charge >= 0.3 is 11.9 Å². The molecule has 0 unspecified atom stereocenters. The van der Waals surface area contributed by atoms with Crippen molar-refractivity contribution in [1.29, 1.82) is 0 Å². The molecule has 0 aliphatic heterocycles. The van der Waals surface area contributed by atoms with E-state index in [1.165, 1.54) is 14.0 Å². The number of aryl methyl sites for hydroxylation is 1. The third-order valence-corrected chi connectivity index (χ3v) is 4.43. The number of methoxy groups -OCH3 is 1. The van der Waals surface area contributed by atoms with E-state index in [0.717, 1.165) is 5.56 Å². The molecule has 0 aliphatic rings. The lowest BCUT2D eigenvalue weighted by Gasteiger charge is -2.16. The van der Waals surface area contributed by atoms with Crippen molar-refractivity contribution in [3.05, 3.63) is 58.4 Å². The summed E-state index contributed by atoms with van der Waals surface area (Å²) in [7, 11) is 1.23. The van der Waals surface area contributed by atoms with Crippen molar-refractivity contribution < 1.29 is 28.7 Å².